The average Bonchev–Trinajstić information content (AvgIpc) is 2.28. The van der Waals surface area contributed by atoms with Gasteiger partial charge >= 0.3 is 0 Å². The van der Waals surface area contributed by atoms with E-state index in [-0.39, 0.29) is 11.7 Å². The fourth-order valence-electron chi connectivity index (χ4n) is 2.37. The second kappa shape index (κ2) is 4.93. The first kappa shape index (κ1) is 11.6. The molecule has 2 N–H and O–H groups in total. The number of aryl methyl sites for hydroxylation is 1. The average molecular weight is 223 g/mol. The van der Waals surface area contributed by atoms with Crippen LogP contribution in [-0.4, -0.2) is 18.2 Å². The predicted molar refractivity (Wildman–Crippen MR) is 61.7 cm³/mol. The van der Waals surface area contributed by atoms with Crippen LogP contribution in [0, 0.1) is 18.7 Å². The molecule has 1 aromatic rings. The molecule has 1 aromatic carbocycles. The van der Waals surface area contributed by atoms with Crippen molar-refractivity contribution in [3.63, 3.8) is 0 Å². The summed E-state index contributed by atoms with van der Waals surface area (Å²) in [5.74, 6) is -0.00886. The first-order valence-electron chi connectivity index (χ1n) is 5.82. The van der Waals surface area contributed by atoms with E-state index in [1.165, 1.54) is 12.1 Å². The zero-order valence-electron chi connectivity index (χ0n) is 9.54. The number of piperidine rings is 1. The van der Waals surface area contributed by atoms with Gasteiger partial charge in [0.2, 0.25) is 0 Å². The van der Waals surface area contributed by atoms with Crippen molar-refractivity contribution < 1.29 is 9.50 Å². The summed E-state index contributed by atoms with van der Waals surface area (Å²) in [6.45, 7) is 3.73. The van der Waals surface area contributed by atoms with E-state index < -0.39 is 6.10 Å². The number of halogens is 1. The third-order valence-electron chi connectivity index (χ3n) is 3.24. The molecular weight excluding hydrogens is 205 g/mol. The van der Waals surface area contributed by atoms with E-state index in [4.69, 9.17) is 0 Å². The second-order valence-electron chi connectivity index (χ2n) is 4.59. The molecule has 0 amide bonds. The van der Waals surface area contributed by atoms with Crippen molar-refractivity contribution in [2.45, 2.75) is 25.9 Å². The van der Waals surface area contributed by atoms with Gasteiger partial charge in [-0.25, -0.2) is 4.39 Å². The molecule has 0 saturated carbocycles. The number of hydrogen-bond acceptors (Lipinski definition) is 2. The molecular formula is C13H18FNO. The lowest BCUT2D eigenvalue weighted by Gasteiger charge is -2.27. The Balaban J connectivity index is 2.15. The van der Waals surface area contributed by atoms with Crippen LogP contribution in [0.4, 0.5) is 4.39 Å². The summed E-state index contributed by atoms with van der Waals surface area (Å²) >= 11 is 0. The predicted octanol–water partition coefficient (Wildman–Crippen LogP) is 2.17. The third-order valence-corrected chi connectivity index (χ3v) is 3.24. The molecule has 2 nitrogen and oxygen atoms in total. The number of nitrogens with one attached hydrogen (secondary N) is 1. The van der Waals surface area contributed by atoms with E-state index in [0.717, 1.165) is 31.5 Å². The van der Waals surface area contributed by atoms with Gasteiger partial charge in [0.05, 0.1) is 6.10 Å². The highest BCUT2D eigenvalue weighted by Gasteiger charge is 2.23. The van der Waals surface area contributed by atoms with Gasteiger partial charge in [-0.2, -0.15) is 0 Å². The van der Waals surface area contributed by atoms with Gasteiger partial charge in [-0.15, -0.1) is 0 Å². The highest BCUT2D eigenvalue weighted by Crippen LogP contribution is 2.29. The SMILES string of the molecule is Cc1cc(F)cc(C(O)C2CCNCC2)c1. The Morgan fingerprint density at radius 2 is 2.00 bits per heavy atom. The monoisotopic (exact) mass is 223 g/mol. The Bertz CT molecular complexity index is 341. The summed E-state index contributed by atoms with van der Waals surface area (Å²) in [6, 6.07) is 4.80. The Morgan fingerprint density at radius 3 is 2.62 bits per heavy atom. The molecule has 0 aliphatic carbocycles. The number of aliphatic hydroxyl groups excluding tert-OH is 1. The molecule has 1 atom stereocenters. The van der Waals surface area contributed by atoms with Crippen molar-refractivity contribution in [1.29, 1.82) is 0 Å². The van der Waals surface area contributed by atoms with Crippen LogP contribution in [0.5, 0.6) is 0 Å². The van der Waals surface area contributed by atoms with Gasteiger partial charge in [0, 0.05) is 0 Å². The largest absolute Gasteiger partial charge is 0.388 e. The lowest BCUT2D eigenvalue weighted by atomic mass is 9.88. The zero-order valence-corrected chi connectivity index (χ0v) is 9.54. The quantitative estimate of drug-likeness (QED) is 0.805. The molecule has 0 spiro atoms. The molecule has 0 aromatic heterocycles. The highest BCUT2D eigenvalue weighted by molar-refractivity contribution is 5.25. The van der Waals surface area contributed by atoms with Crippen LogP contribution in [0.3, 0.4) is 0 Å². The molecule has 0 bridgehead atoms. The van der Waals surface area contributed by atoms with Crippen LogP contribution in [0.15, 0.2) is 18.2 Å². The van der Waals surface area contributed by atoms with Crippen molar-refractivity contribution in [2.24, 2.45) is 5.92 Å². The van der Waals surface area contributed by atoms with Crippen LogP contribution in [0.1, 0.15) is 30.1 Å². The van der Waals surface area contributed by atoms with Gasteiger partial charge in [-0.1, -0.05) is 6.07 Å². The number of aliphatic hydroxyl groups is 1. The van der Waals surface area contributed by atoms with E-state index in [1.54, 1.807) is 0 Å². The lowest BCUT2D eigenvalue weighted by Crippen LogP contribution is -2.30. The first-order chi connectivity index (χ1) is 7.66. The summed E-state index contributed by atoms with van der Waals surface area (Å²) in [7, 11) is 0. The summed E-state index contributed by atoms with van der Waals surface area (Å²) in [4.78, 5) is 0. The molecule has 2 rings (SSSR count). The Kier molecular flexibility index (Phi) is 3.56. The van der Waals surface area contributed by atoms with E-state index in [1.807, 2.05) is 13.0 Å². The minimum absolute atomic E-state index is 0.252. The molecule has 1 saturated heterocycles. The smallest absolute Gasteiger partial charge is 0.123 e. The summed E-state index contributed by atoms with van der Waals surface area (Å²) in [5, 5.41) is 13.5. The maximum atomic E-state index is 13.2. The van der Waals surface area contributed by atoms with E-state index >= 15 is 0 Å². The third kappa shape index (κ3) is 2.60. The van der Waals surface area contributed by atoms with Crippen molar-refractivity contribution in [3.05, 3.63) is 35.1 Å². The Morgan fingerprint density at radius 1 is 1.31 bits per heavy atom. The van der Waals surface area contributed by atoms with Crippen LogP contribution < -0.4 is 5.32 Å². The van der Waals surface area contributed by atoms with Gasteiger partial charge in [-0.05, 0) is 62.0 Å². The minimum atomic E-state index is -0.531. The van der Waals surface area contributed by atoms with Gasteiger partial charge in [0.25, 0.3) is 0 Å². The molecule has 0 radical (unpaired) electrons. The van der Waals surface area contributed by atoms with Crippen molar-refractivity contribution in [2.75, 3.05) is 13.1 Å². The molecule has 1 aliphatic heterocycles. The maximum Gasteiger partial charge on any atom is 0.123 e. The Hall–Kier alpha value is -0.930. The van der Waals surface area contributed by atoms with Crippen molar-refractivity contribution >= 4 is 0 Å². The number of rotatable bonds is 2. The zero-order chi connectivity index (χ0) is 11.5. The minimum Gasteiger partial charge on any atom is -0.388 e. The number of hydrogen-bond donors (Lipinski definition) is 2. The molecule has 3 heteroatoms. The van der Waals surface area contributed by atoms with Crippen LogP contribution >= 0.6 is 0 Å². The molecule has 1 unspecified atom stereocenters. The van der Waals surface area contributed by atoms with Gasteiger partial charge in [0.15, 0.2) is 0 Å². The summed E-state index contributed by atoms with van der Waals surface area (Å²) in [5.41, 5.74) is 1.58. The number of benzene rings is 1. The molecule has 16 heavy (non-hydrogen) atoms. The van der Waals surface area contributed by atoms with Crippen LogP contribution in [0.2, 0.25) is 0 Å². The molecule has 1 heterocycles. The lowest BCUT2D eigenvalue weighted by molar-refractivity contribution is 0.0886. The molecule has 1 aliphatic rings. The fourth-order valence-corrected chi connectivity index (χ4v) is 2.37. The van der Waals surface area contributed by atoms with Gasteiger partial charge in [0.1, 0.15) is 5.82 Å². The summed E-state index contributed by atoms with van der Waals surface area (Å²) < 4.78 is 13.2. The van der Waals surface area contributed by atoms with Gasteiger partial charge in [-0.3, -0.25) is 0 Å². The van der Waals surface area contributed by atoms with E-state index in [9.17, 15) is 9.50 Å². The standard InChI is InChI=1S/C13H18FNO/c1-9-6-11(8-12(14)7-9)13(16)10-2-4-15-5-3-10/h6-8,10,13,15-16H,2-5H2,1H3. The Labute approximate surface area is 95.5 Å². The van der Waals surface area contributed by atoms with Crippen LogP contribution in [-0.2, 0) is 0 Å². The van der Waals surface area contributed by atoms with E-state index in [0.29, 0.717) is 5.56 Å². The topological polar surface area (TPSA) is 32.3 Å². The van der Waals surface area contributed by atoms with Gasteiger partial charge < -0.3 is 10.4 Å². The normalized spacial score (nSPS) is 19.7. The fraction of sp³-hybridized carbons (Fsp3) is 0.538. The van der Waals surface area contributed by atoms with E-state index in [2.05, 4.69) is 5.32 Å². The maximum absolute atomic E-state index is 13.2. The van der Waals surface area contributed by atoms with Crippen LogP contribution in [0.25, 0.3) is 0 Å². The van der Waals surface area contributed by atoms with Crippen molar-refractivity contribution in [3.8, 4) is 0 Å². The van der Waals surface area contributed by atoms with Crippen molar-refractivity contribution in [1.82, 2.24) is 5.32 Å². The highest BCUT2D eigenvalue weighted by atomic mass is 19.1. The first-order valence-corrected chi connectivity index (χ1v) is 5.82. The molecule has 88 valence electrons. The second-order valence-corrected chi connectivity index (χ2v) is 4.59. The summed E-state index contributed by atoms with van der Waals surface area (Å²) in [6.07, 6.45) is 1.38. The molecule has 1 fully saturated rings.